The Morgan fingerprint density at radius 1 is 0.815 bits per heavy atom. The van der Waals surface area contributed by atoms with Crippen LogP contribution in [-0.4, -0.2) is 76.8 Å². The van der Waals surface area contributed by atoms with Crippen LogP contribution in [0.4, 0.5) is 4.79 Å². The van der Waals surface area contributed by atoms with Gasteiger partial charge in [-0.3, -0.25) is 4.84 Å². The van der Waals surface area contributed by atoms with Gasteiger partial charge in [0.15, 0.2) is 0 Å². The van der Waals surface area contributed by atoms with E-state index >= 15 is 0 Å². The highest BCUT2D eigenvalue weighted by Gasteiger charge is 2.18. The zero-order chi connectivity index (χ0) is 20.3. The summed E-state index contributed by atoms with van der Waals surface area (Å²) in [4.78, 5) is 17.2. The van der Waals surface area contributed by atoms with Crippen LogP contribution in [0.25, 0.3) is 0 Å². The number of carbonyl (C=O) groups excluding carboxylic acids is 1. The molecule has 0 aliphatic heterocycles. The molecule has 162 valence electrons. The standard InChI is InChI=1S/C19H39NO7/c1-2-3-4-5-6-7-8-9-10-11-12-20(27-16-18(24)14-22)19(25)26-15-17(23)13-21/h17-18,21-24H,2-16H2,1H3. The Morgan fingerprint density at radius 2 is 1.30 bits per heavy atom. The van der Waals surface area contributed by atoms with Crippen molar-refractivity contribution in [3.8, 4) is 0 Å². The number of hydroxylamine groups is 2. The molecule has 0 fully saturated rings. The van der Waals surface area contributed by atoms with Crippen molar-refractivity contribution in [2.24, 2.45) is 0 Å². The molecule has 0 aromatic carbocycles. The topological polar surface area (TPSA) is 120 Å². The van der Waals surface area contributed by atoms with E-state index in [0.29, 0.717) is 6.54 Å². The van der Waals surface area contributed by atoms with Gasteiger partial charge in [-0.2, -0.15) is 5.06 Å². The Hall–Kier alpha value is -0.930. The molecule has 2 unspecified atom stereocenters. The van der Waals surface area contributed by atoms with Gasteiger partial charge in [-0.1, -0.05) is 64.7 Å². The molecule has 1 amide bonds. The van der Waals surface area contributed by atoms with Crippen LogP contribution in [0.15, 0.2) is 0 Å². The van der Waals surface area contributed by atoms with Crippen molar-refractivity contribution in [3.63, 3.8) is 0 Å². The summed E-state index contributed by atoms with van der Waals surface area (Å²) < 4.78 is 4.87. The zero-order valence-corrected chi connectivity index (χ0v) is 16.7. The second-order valence-electron chi connectivity index (χ2n) is 6.83. The van der Waals surface area contributed by atoms with Crippen molar-refractivity contribution in [1.29, 1.82) is 0 Å². The lowest BCUT2D eigenvalue weighted by Crippen LogP contribution is -2.37. The average molecular weight is 394 g/mol. The van der Waals surface area contributed by atoms with Gasteiger partial charge in [0.25, 0.3) is 0 Å². The number of hydrogen-bond acceptors (Lipinski definition) is 7. The molecule has 2 atom stereocenters. The monoisotopic (exact) mass is 393 g/mol. The van der Waals surface area contributed by atoms with Gasteiger partial charge in [0.2, 0.25) is 0 Å². The molecule has 0 aliphatic rings. The Morgan fingerprint density at radius 3 is 1.81 bits per heavy atom. The summed E-state index contributed by atoms with van der Waals surface area (Å²) in [6, 6.07) is 0. The van der Waals surface area contributed by atoms with Crippen molar-refractivity contribution < 1.29 is 34.8 Å². The average Bonchev–Trinajstić information content (AvgIpc) is 2.68. The zero-order valence-electron chi connectivity index (χ0n) is 16.7. The molecular weight excluding hydrogens is 354 g/mol. The Bertz CT molecular complexity index is 344. The third-order valence-electron chi connectivity index (χ3n) is 4.16. The van der Waals surface area contributed by atoms with Gasteiger partial charge in [0.1, 0.15) is 25.4 Å². The van der Waals surface area contributed by atoms with Crippen LogP contribution in [0, 0.1) is 0 Å². The second kappa shape index (κ2) is 18.4. The van der Waals surface area contributed by atoms with Crippen molar-refractivity contribution in [2.45, 2.75) is 83.3 Å². The summed E-state index contributed by atoms with van der Waals surface area (Å²) in [5, 5.41) is 37.2. The number of unbranched alkanes of at least 4 members (excludes halogenated alkanes) is 9. The first-order valence-electron chi connectivity index (χ1n) is 10.2. The van der Waals surface area contributed by atoms with E-state index in [1.807, 2.05) is 0 Å². The van der Waals surface area contributed by atoms with E-state index in [4.69, 9.17) is 19.8 Å². The molecule has 0 rings (SSSR count). The first-order chi connectivity index (χ1) is 13.0. The molecule has 8 heteroatoms. The van der Waals surface area contributed by atoms with Crippen LogP contribution < -0.4 is 0 Å². The number of amides is 1. The number of nitrogens with zero attached hydrogens (tertiary/aromatic N) is 1. The predicted molar refractivity (Wildman–Crippen MR) is 102 cm³/mol. The van der Waals surface area contributed by atoms with Crippen LogP contribution in [0.1, 0.15) is 71.1 Å². The van der Waals surface area contributed by atoms with Gasteiger partial charge in [0.05, 0.1) is 19.8 Å². The predicted octanol–water partition coefficient (Wildman–Crippen LogP) is 1.98. The highest BCUT2D eigenvalue weighted by atomic mass is 16.7. The largest absolute Gasteiger partial charge is 0.445 e. The fourth-order valence-corrected chi connectivity index (χ4v) is 2.47. The summed E-state index contributed by atoms with van der Waals surface area (Å²) in [7, 11) is 0. The summed E-state index contributed by atoms with van der Waals surface area (Å²) in [6.07, 6.45) is 8.60. The lowest BCUT2D eigenvalue weighted by atomic mass is 10.1. The van der Waals surface area contributed by atoms with E-state index in [-0.39, 0.29) is 13.2 Å². The molecule has 0 heterocycles. The number of aliphatic hydroxyl groups excluding tert-OH is 4. The van der Waals surface area contributed by atoms with Crippen molar-refractivity contribution >= 4 is 6.09 Å². The number of carbonyl (C=O) groups is 1. The lowest BCUT2D eigenvalue weighted by Gasteiger charge is -2.23. The highest BCUT2D eigenvalue weighted by molar-refractivity contribution is 5.66. The molecule has 0 aromatic heterocycles. The van der Waals surface area contributed by atoms with Crippen LogP contribution in [-0.2, 0) is 9.57 Å². The normalized spacial score (nSPS) is 13.4. The molecule has 0 spiro atoms. The van der Waals surface area contributed by atoms with E-state index in [1.54, 1.807) is 0 Å². The highest BCUT2D eigenvalue weighted by Crippen LogP contribution is 2.11. The minimum Gasteiger partial charge on any atom is -0.445 e. The maximum absolute atomic E-state index is 12.0. The molecular formula is C19H39NO7. The summed E-state index contributed by atoms with van der Waals surface area (Å²) >= 11 is 0. The van der Waals surface area contributed by atoms with Crippen LogP contribution >= 0.6 is 0 Å². The molecule has 27 heavy (non-hydrogen) atoms. The number of ether oxygens (including phenoxy) is 1. The molecule has 0 radical (unpaired) electrons. The molecule has 4 N–H and O–H groups in total. The number of rotatable bonds is 18. The third-order valence-corrected chi connectivity index (χ3v) is 4.16. The fourth-order valence-electron chi connectivity index (χ4n) is 2.47. The first kappa shape index (κ1) is 26.1. The van der Waals surface area contributed by atoms with Gasteiger partial charge >= 0.3 is 6.09 Å². The van der Waals surface area contributed by atoms with E-state index in [9.17, 15) is 15.0 Å². The van der Waals surface area contributed by atoms with Gasteiger partial charge in [-0.05, 0) is 6.42 Å². The lowest BCUT2D eigenvalue weighted by molar-refractivity contribution is -0.163. The van der Waals surface area contributed by atoms with Gasteiger partial charge in [0, 0.05) is 0 Å². The molecule has 0 bridgehead atoms. The van der Waals surface area contributed by atoms with Crippen molar-refractivity contribution in [1.82, 2.24) is 5.06 Å². The third kappa shape index (κ3) is 15.8. The molecule has 0 saturated carbocycles. The van der Waals surface area contributed by atoms with E-state index < -0.39 is 31.5 Å². The van der Waals surface area contributed by atoms with Gasteiger partial charge in [-0.25, -0.2) is 4.79 Å². The first-order valence-corrected chi connectivity index (χ1v) is 10.2. The Kier molecular flexibility index (Phi) is 17.8. The molecule has 0 aromatic rings. The van der Waals surface area contributed by atoms with Crippen molar-refractivity contribution in [3.05, 3.63) is 0 Å². The summed E-state index contributed by atoms with van der Waals surface area (Å²) in [6.45, 7) is 0.965. The van der Waals surface area contributed by atoms with Crippen LogP contribution in [0.2, 0.25) is 0 Å². The fraction of sp³-hybridized carbons (Fsp3) is 0.947. The Labute approximate surface area is 163 Å². The molecule has 0 saturated heterocycles. The number of aliphatic hydroxyl groups is 4. The maximum Gasteiger partial charge on any atom is 0.434 e. The van der Waals surface area contributed by atoms with E-state index in [1.165, 1.54) is 44.9 Å². The second-order valence-corrected chi connectivity index (χ2v) is 6.83. The van der Waals surface area contributed by atoms with E-state index in [2.05, 4.69) is 6.92 Å². The number of hydrogen-bond donors (Lipinski definition) is 4. The van der Waals surface area contributed by atoms with Gasteiger partial charge < -0.3 is 25.2 Å². The SMILES string of the molecule is CCCCCCCCCCCCN(OCC(O)CO)C(=O)OCC(O)CO. The minimum atomic E-state index is -1.14. The Balaban J connectivity index is 4.00. The quantitative estimate of drug-likeness (QED) is 0.208. The smallest absolute Gasteiger partial charge is 0.434 e. The van der Waals surface area contributed by atoms with Crippen LogP contribution in [0.3, 0.4) is 0 Å². The molecule has 8 nitrogen and oxygen atoms in total. The van der Waals surface area contributed by atoms with Crippen molar-refractivity contribution in [2.75, 3.05) is 33.0 Å². The minimum absolute atomic E-state index is 0.230. The molecule has 0 aliphatic carbocycles. The van der Waals surface area contributed by atoms with E-state index in [0.717, 1.165) is 24.3 Å². The van der Waals surface area contributed by atoms with Gasteiger partial charge in [-0.15, -0.1) is 0 Å². The summed E-state index contributed by atoms with van der Waals surface area (Å²) in [5.41, 5.74) is 0. The maximum atomic E-state index is 12.0. The van der Waals surface area contributed by atoms with Crippen LogP contribution in [0.5, 0.6) is 0 Å². The summed E-state index contributed by atoms with van der Waals surface area (Å²) in [5.74, 6) is 0.